The molecule has 1 amide bonds. The molecule has 0 radical (unpaired) electrons. The monoisotopic (exact) mass is 285 g/mol. The van der Waals surface area contributed by atoms with Crippen LogP contribution in [0, 0.1) is 0 Å². The summed E-state index contributed by atoms with van der Waals surface area (Å²) in [5.41, 5.74) is 2.20. The first kappa shape index (κ1) is 14.5. The van der Waals surface area contributed by atoms with E-state index in [1.54, 1.807) is 17.4 Å². The topological polar surface area (TPSA) is 29.1 Å². The smallest absolute Gasteiger partial charge is 0.248 e. The third kappa shape index (κ3) is 4.07. The summed E-state index contributed by atoms with van der Waals surface area (Å²) in [7, 11) is 0. The van der Waals surface area contributed by atoms with Crippen LogP contribution in [-0.2, 0) is 10.2 Å². The lowest BCUT2D eigenvalue weighted by Gasteiger charge is -2.19. The van der Waals surface area contributed by atoms with Crippen LogP contribution in [0.4, 0.5) is 5.69 Å². The van der Waals surface area contributed by atoms with Crippen molar-refractivity contribution in [2.45, 2.75) is 26.2 Å². The second-order valence-corrected chi connectivity index (χ2v) is 6.64. The second kappa shape index (κ2) is 6.06. The van der Waals surface area contributed by atoms with Crippen molar-refractivity contribution in [3.05, 3.63) is 58.3 Å². The van der Waals surface area contributed by atoms with Crippen LogP contribution in [-0.4, -0.2) is 5.91 Å². The van der Waals surface area contributed by atoms with Crippen molar-refractivity contribution in [2.24, 2.45) is 0 Å². The summed E-state index contributed by atoms with van der Waals surface area (Å²) in [5.74, 6) is -0.109. The fourth-order valence-corrected chi connectivity index (χ4v) is 2.40. The number of amides is 1. The van der Waals surface area contributed by atoms with Crippen LogP contribution in [0.3, 0.4) is 0 Å². The van der Waals surface area contributed by atoms with Crippen LogP contribution in [0.25, 0.3) is 6.08 Å². The van der Waals surface area contributed by atoms with Crippen LogP contribution in [0.1, 0.15) is 31.2 Å². The Morgan fingerprint density at radius 2 is 1.85 bits per heavy atom. The van der Waals surface area contributed by atoms with Crippen LogP contribution in [0.2, 0.25) is 0 Å². The third-order valence-corrected chi connectivity index (χ3v) is 3.80. The fraction of sp³-hybridized carbons (Fsp3) is 0.235. The predicted molar refractivity (Wildman–Crippen MR) is 87.1 cm³/mol. The van der Waals surface area contributed by atoms with Gasteiger partial charge in [0.15, 0.2) is 0 Å². The van der Waals surface area contributed by atoms with Crippen molar-refractivity contribution in [3.63, 3.8) is 0 Å². The van der Waals surface area contributed by atoms with Crippen LogP contribution >= 0.6 is 11.3 Å². The summed E-state index contributed by atoms with van der Waals surface area (Å²) < 4.78 is 0. The number of hydrogen-bond donors (Lipinski definition) is 1. The number of carbonyl (C=O) groups excluding carboxylic acids is 1. The predicted octanol–water partition coefficient (Wildman–Crippen LogP) is 4.70. The molecule has 0 saturated heterocycles. The summed E-state index contributed by atoms with van der Waals surface area (Å²) in [4.78, 5) is 12.9. The van der Waals surface area contributed by atoms with Crippen molar-refractivity contribution in [2.75, 3.05) is 5.32 Å². The molecule has 0 aliphatic carbocycles. The Labute approximate surface area is 124 Å². The van der Waals surface area contributed by atoms with Gasteiger partial charge in [0.05, 0.1) is 0 Å². The normalized spacial score (nSPS) is 11.8. The first-order valence-electron chi connectivity index (χ1n) is 6.58. The molecule has 0 aliphatic heterocycles. The first-order chi connectivity index (χ1) is 9.45. The van der Waals surface area contributed by atoms with Crippen LogP contribution in [0.15, 0.2) is 47.9 Å². The van der Waals surface area contributed by atoms with Gasteiger partial charge in [0.2, 0.25) is 5.91 Å². The highest BCUT2D eigenvalue weighted by atomic mass is 32.1. The zero-order valence-corrected chi connectivity index (χ0v) is 12.8. The Kier molecular flexibility index (Phi) is 4.40. The maximum atomic E-state index is 11.8. The Morgan fingerprint density at radius 3 is 2.40 bits per heavy atom. The molecule has 3 heteroatoms. The number of anilines is 1. The largest absolute Gasteiger partial charge is 0.323 e. The minimum absolute atomic E-state index is 0.109. The lowest BCUT2D eigenvalue weighted by atomic mass is 9.87. The average Bonchev–Trinajstić information content (AvgIpc) is 2.89. The van der Waals surface area contributed by atoms with E-state index in [1.807, 2.05) is 35.7 Å². The molecule has 104 valence electrons. The van der Waals surface area contributed by atoms with Gasteiger partial charge in [-0.25, -0.2) is 0 Å². The van der Waals surface area contributed by atoms with E-state index in [0.717, 1.165) is 10.6 Å². The molecule has 0 aliphatic rings. The van der Waals surface area contributed by atoms with Gasteiger partial charge in [0.25, 0.3) is 0 Å². The molecule has 0 bridgehead atoms. The van der Waals surface area contributed by atoms with Gasteiger partial charge < -0.3 is 5.32 Å². The van der Waals surface area contributed by atoms with E-state index in [9.17, 15) is 4.79 Å². The average molecular weight is 285 g/mol. The highest BCUT2D eigenvalue weighted by molar-refractivity contribution is 7.10. The van der Waals surface area contributed by atoms with E-state index in [0.29, 0.717) is 0 Å². The van der Waals surface area contributed by atoms with Crippen molar-refractivity contribution in [1.29, 1.82) is 0 Å². The van der Waals surface area contributed by atoms with E-state index < -0.39 is 0 Å². The summed E-state index contributed by atoms with van der Waals surface area (Å²) in [6.45, 7) is 6.51. The Hall–Kier alpha value is -1.87. The molecule has 1 aromatic heterocycles. The quantitative estimate of drug-likeness (QED) is 0.814. The second-order valence-electron chi connectivity index (χ2n) is 5.67. The molecule has 1 heterocycles. The molecule has 2 nitrogen and oxygen atoms in total. The van der Waals surface area contributed by atoms with Gasteiger partial charge in [0, 0.05) is 16.6 Å². The van der Waals surface area contributed by atoms with E-state index in [1.165, 1.54) is 5.56 Å². The molecule has 1 aromatic carbocycles. The number of hydrogen-bond acceptors (Lipinski definition) is 2. The van der Waals surface area contributed by atoms with E-state index in [2.05, 4.69) is 38.2 Å². The number of carbonyl (C=O) groups is 1. The van der Waals surface area contributed by atoms with Crippen LogP contribution in [0.5, 0.6) is 0 Å². The van der Waals surface area contributed by atoms with Crippen molar-refractivity contribution < 1.29 is 4.79 Å². The van der Waals surface area contributed by atoms with Gasteiger partial charge >= 0.3 is 0 Å². The zero-order chi connectivity index (χ0) is 14.6. The highest BCUT2D eigenvalue weighted by Crippen LogP contribution is 2.23. The standard InChI is InChI=1S/C17H19NOS/c1-17(2,3)13-6-8-14(9-7-13)18-16(19)11-10-15-5-4-12-20-15/h4-12H,1-3H3,(H,18,19)/b11-10+. The lowest BCUT2D eigenvalue weighted by molar-refractivity contribution is -0.111. The van der Waals surface area contributed by atoms with Gasteiger partial charge in [-0.1, -0.05) is 39.0 Å². The molecule has 0 fully saturated rings. The molecule has 2 rings (SSSR count). The molecule has 1 N–H and O–H groups in total. The van der Waals surface area contributed by atoms with Crippen molar-refractivity contribution in [3.8, 4) is 0 Å². The molecule has 0 atom stereocenters. The van der Waals surface area contributed by atoms with Gasteiger partial charge in [0.1, 0.15) is 0 Å². The SMILES string of the molecule is CC(C)(C)c1ccc(NC(=O)/C=C/c2cccs2)cc1. The van der Waals surface area contributed by atoms with Gasteiger partial charge in [-0.2, -0.15) is 0 Å². The number of benzene rings is 1. The third-order valence-electron chi connectivity index (χ3n) is 2.96. The Morgan fingerprint density at radius 1 is 1.15 bits per heavy atom. The van der Waals surface area contributed by atoms with E-state index in [4.69, 9.17) is 0 Å². The van der Waals surface area contributed by atoms with Crippen molar-refractivity contribution >= 4 is 29.0 Å². The maximum absolute atomic E-state index is 11.8. The highest BCUT2D eigenvalue weighted by Gasteiger charge is 2.12. The van der Waals surface area contributed by atoms with Gasteiger partial charge in [-0.15, -0.1) is 11.3 Å². The number of nitrogens with one attached hydrogen (secondary N) is 1. The maximum Gasteiger partial charge on any atom is 0.248 e. The molecular weight excluding hydrogens is 266 g/mol. The fourth-order valence-electron chi connectivity index (χ4n) is 1.78. The van der Waals surface area contributed by atoms with E-state index >= 15 is 0 Å². The summed E-state index contributed by atoms with van der Waals surface area (Å²) in [6.07, 6.45) is 3.38. The van der Waals surface area contributed by atoms with Gasteiger partial charge in [-0.3, -0.25) is 4.79 Å². The molecule has 20 heavy (non-hydrogen) atoms. The Balaban J connectivity index is 1.98. The minimum Gasteiger partial charge on any atom is -0.323 e. The Bertz CT molecular complexity index is 589. The zero-order valence-electron chi connectivity index (χ0n) is 12.0. The molecule has 0 saturated carbocycles. The summed E-state index contributed by atoms with van der Waals surface area (Å²) in [6, 6.07) is 11.9. The van der Waals surface area contributed by atoms with Crippen LogP contribution < -0.4 is 5.32 Å². The minimum atomic E-state index is -0.109. The lowest BCUT2D eigenvalue weighted by Crippen LogP contribution is -2.12. The molecule has 0 spiro atoms. The molecule has 0 unspecified atom stereocenters. The summed E-state index contributed by atoms with van der Waals surface area (Å²) in [5, 5.41) is 4.85. The van der Waals surface area contributed by atoms with E-state index in [-0.39, 0.29) is 11.3 Å². The van der Waals surface area contributed by atoms with Crippen molar-refractivity contribution in [1.82, 2.24) is 0 Å². The molecular formula is C17H19NOS. The van der Waals surface area contributed by atoms with Gasteiger partial charge in [-0.05, 0) is 40.6 Å². The summed E-state index contributed by atoms with van der Waals surface area (Å²) >= 11 is 1.61. The molecule has 2 aromatic rings. The number of rotatable bonds is 3. The first-order valence-corrected chi connectivity index (χ1v) is 7.46. The number of thiophene rings is 1.